The molecule has 4 nitrogen and oxygen atoms in total. The Morgan fingerprint density at radius 2 is 2.35 bits per heavy atom. The third-order valence-corrected chi connectivity index (χ3v) is 3.71. The molecule has 1 amide bonds. The van der Waals surface area contributed by atoms with E-state index in [0.717, 1.165) is 31.7 Å². The number of rotatable bonds is 5. The predicted octanol–water partition coefficient (Wildman–Crippen LogP) is 1.83. The van der Waals surface area contributed by atoms with Gasteiger partial charge < -0.3 is 15.0 Å². The summed E-state index contributed by atoms with van der Waals surface area (Å²) in [6.07, 6.45) is 2.08. The maximum atomic E-state index is 12.2. The van der Waals surface area contributed by atoms with E-state index in [4.69, 9.17) is 4.74 Å². The second-order valence-electron chi connectivity index (χ2n) is 5.47. The van der Waals surface area contributed by atoms with Crippen LogP contribution >= 0.6 is 0 Å². The van der Waals surface area contributed by atoms with Crippen molar-refractivity contribution in [2.24, 2.45) is 5.92 Å². The van der Waals surface area contributed by atoms with Crippen LogP contribution < -0.4 is 10.1 Å². The maximum absolute atomic E-state index is 12.2. The van der Waals surface area contributed by atoms with E-state index < -0.39 is 0 Å². The molecule has 0 bridgehead atoms. The lowest BCUT2D eigenvalue weighted by molar-refractivity contribution is -0.135. The van der Waals surface area contributed by atoms with Gasteiger partial charge in [-0.2, -0.15) is 0 Å². The summed E-state index contributed by atoms with van der Waals surface area (Å²) in [7, 11) is 1.86. The van der Waals surface area contributed by atoms with Gasteiger partial charge in [0.1, 0.15) is 12.4 Å². The number of aryl methyl sites for hydroxylation is 1. The van der Waals surface area contributed by atoms with E-state index in [1.807, 2.05) is 38.2 Å². The Morgan fingerprint density at radius 3 is 3.05 bits per heavy atom. The van der Waals surface area contributed by atoms with Crippen molar-refractivity contribution in [3.8, 4) is 5.75 Å². The van der Waals surface area contributed by atoms with Crippen molar-refractivity contribution in [2.75, 3.05) is 33.3 Å². The highest BCUT2D eigenvalue weighted by molar-refractivity contribution is 5.78. The second-order valence-corrected chi connectivity index (χ2v) is 5.47. The van der Waals surface area contributed by atoms with Gasteiger partial charge in [0, 0.05) is 13.6 Å². The minimum absolute atomic E-state index is 0.132. The Labute approximate surface area is 121 Å². The molecule has 1 aliphatic heterocycles. The third kappa shape index (κ3) is 4.23. The van der Waals surface area contributed by atoms with Gasteiger partial charge in [0.2, 0.25) is 5.91 Å². The summed E-state index contributed by atoms with van der Waals surface area (Å²) < 4.78 is 5.69. The van der Waals surface area contributed by atoms with Crippen LogP contribution in [0.3, 0.4) is 0 Å². The van der Waals surface area contributed by atoms with E-state index in [9.17, 15) is 4.79 Å². The van der Waals surface area contributed by atoms with Crippen LogP contribution in [0.1, 0.15) is 18.4 Å². The first-order valence-corrected chi connectivity index (χ1v) is 7.32. The minimum Gasteiger partial charge on any atom is -0.492 e. The molecule has 1 aromatic rings. The Bertz CT molecular complexity index is 442. The van der Waals surface area contributed by atoms with Crippen LogP contribution in [-0.2, 0) is 4.79 Å². The normalized spacial score (nSPS) is 18.6. The number of likely N-dealkylation sites (N-methyl/N-ethyl adjacent to an activating group) is 1. The molecular weight excluding hydrogens is 252 g/mol. The molecule has 1 heterocycles. The first kappa shape index (κ1) is 14.9. The summed E-state index contributed by atoms with van der Waals surface area (Å²) in [5.41, 5.74) is 1.18. The number of ether oxygens (including phenoxy) is 1. The largest absolute Gasteiger partial charge is 0.492 e. The molecule has 4 heteroatoms. The number of hydrogen-bond donors (Lipinski definition) is 1. The molecule has 1 N–H and O–H groups in total. The van der Waals surface area contributed by atoms with Crippen LogP contribution in [0.2, 0.25) is 0 Å². The highest BCUT2D eigenvalue weighted by Crippen LogP contribution is 2.14. The third-order valence-electron chi connectivity index (χ3n) is 3.71. The SMILES string of the molecule is Cc1cccc(OCCN(C)C(=O)[C@H]2CCCNC2)c1. The lowest BCUT2D eigenvalue weighted by atomic mass is 9.98. The Morgan fingerprint density at radius 1 is 1.50 bits per heavy atom. The van der Waals surface area contributed by atoms with Gasteiger partial charge in [-0.05, 0) is 44.0 Å². The number of benzene rings is 1. The summed E-state index contributed by atoms with van der Waals surface area (Å²) >= 11 is 0. The first-order valence-electron chi connectivity index (χ1n) is 7.32. The summed E-state index contributed by atoms with van der Waals surface area (Å²) in [6.45, 7) is 5.04. The fraction of sp³-hybridized carbons (Fsp3) is 0.562. The first-order chi connectivity index (χ1) is 9.66. The van der Waals surface area contributed by atoms with Crippen molar-refractivity contribution in [1.82, 2.24) is 10.2 Å². The monoisotopic (exact) mass is 276 g/mol. The molecule has 0 saturated carbocycles. The molecule has 0 aliphatic carbocycles. The smallest absolute Gasteiger partial charge is 0.226 e. The van der Waals surface area contributed by atoms with Gasteiger partial charge in [-0.3, -0.25) is 4.79 Å². The van der Waals surface area contributed by atoms with Gasteiger partial charge in [0.25, 0.3) is 0 Å². The van der Waals surface area contributed by atoms with E-state index in [1.54, 1.807) is 4.90 Å². The summed E-state index contributed by atoms with van der Waals surface area (Å²) in [6, 6.07) is 7.97. The van der Waals surface area contributed by atoms with E-state index in [1.165, 1.54) is 5.56 Å². The second kappa shape index (κ2) is 7.29. The molecule has 0 radical (unpaired) electrons. The fourth-order valence-electron chi connectivity index (χ4n) is 2.49. The highest BCUT2D eigenvalue weighted by atomic mass is 16.5. The number of amides is 1. The van der Waals surface area contributed by atoms with Crippen LogP contribution in [0.25, 0.3) is 0 Å². The zero-order chi connectivity index (χ0) is 14.4. The van der Waals surface area contributed by atoms with Gasteiger partial charge in [0.05, 0.1) is 12.5 Å². The average molecular weight is 276 g/mol. The number of nitrogens with zero attached hydrogens (tertiary/aromatic N) is 1. The number of piperidine rings is 1. The minimum atomic E-state index is 0.132. The molecule has 1 fully saturated rings. The molecule has 0 aromatic heterocycles. The Balaban J connectivity index is 1.74. The van der Waals surface area contributed by atoms with Crippen molar-refractivity contribution >= 4 is 5.91 Å². The lowest BCUT2D eigenvalue weighted by Gasteiger charge is -2.27. The summed E-state index contributed by atoms with van der Waals surface area (Å²) in [4.78, 5) is 14.0. The van der Waals surface area contributed by atoms with Gasteiger partial charge in [0.15, 0.2) is 0 Å². The van der Waals surface area contributed by atoms with Gasteiger partial charge in [-0.15, -0.1) is 0 Å². The van der Waals surface area contributed by atoms with Crippen LogP contribution in [0.4, 0.5) is 0 Å². The zero-order valence-corrected chi connectivity index (χ0v) is 12.4. The van der Waals surface area contributed by atoms with Gasteiger partial charge >= 0.3 is 0 Å². The molecule has 20 heavy (non-hydrogen) atoms. The topological polar surface area (TPSA) is 41.6 Å². The molecule has 0 unspecified atom stereocenters. The summed E-state index contributed by atoms with van der Waals surface area (Å²) in [5.74, 6) is 1.22. The quantitative estimate of drug-likeness (QED) is 0.892. The maximum Gasteiger partial charge on any atom is 0.226 e. The molecule has 1 aliphatic rings. The van der Waals surface area contributed by atoms with Crippen LogP contribution in [0.15, 0.2) is 24.3 Å². The molecule has 2 rings (SSSR count). The van der Waals surface area contributed by atoms with E-state index in [-0.39, 0.29) is 11.8 Å². The van der Waals surface area contributed by atoms with Crippen molar-refractivity contribution in [3.05, 3.63) is 29.8 Å². The van der Waals surface area contributed by atoms with Crippen LogP contribution in [-0.4, -0.2) is 44.1 Å². The van der Waals surface area contributed by atoms with Gasteiger partial charge in [-0.25, -0.2) is 0 Å². The van der Waals surface area contributed by atoms with E-state index in [2.05, 4.69) is 5.32 Å². The highest BCUT2D eigenvalue weighted by Gasteiger charge is 2.23. The predicted molar refractivity (Wildman–Crippen MR) is 79.9 cm³/mol. The Kier molecular flexibility index (Phi) is 5.41. The molecular formula is C16H24N2O2. The number of carbonyl (C=O) groups is 1. The summed E-state index contributed by atoms with van der Waals surface area (Å²) in [5, 5.41) is 3.28. The molecule has 110 valence electrons. The van der Waals surface area contributed by atoms with Gasteiger partial charge in [-0.1, -0.05) is 12.1 Å². The number of carbonyl (C=O) groups excluding carboxylic acids is 1. The number of hydrogen-bond acceptors (Lipinski definition) is 3. The van der Waals surface area contributed by atoms with Crippen molar-refractivity contribution in [1.29, 1.82) is 0 Å². The zero-order valence-electron chi connectivity index (χ0n) is 12.4. The lowest BCUT2D eigenvalue weighted by Crippen LogP contribution is -2.42. The Hall–Kier alpha value is -1.55. The molecule has 1 atom stereocenters. The van der Waals surface area contributed by atoms with E-state index >= 15 is 0 Å². The fourth-order valence-corrected chi connectivity index (χ4v) is 2.49. The van der Waals surface area contributed by atoms with Crippen molar-refractivity contribution in [3.63, 3.8) is 0 Å². The molecule has 0 spiro atoms. The van der Waals surface area contributed by atoms with Crippen molar-refractivity contribution < 1.29 is 9.53 Å². The number of nitrogens with one attached hydrogen (secondary N) is 1. The average Bonchev–Trinajstić information content (AvgIpc) is 2.47. The standard InChI is InChI=1S/C16H24N2O2/c1-13-5-3-7-15(11-13)20-10-9-18(2)16(19)14-6-4-8-17-12-14/h3,5,7,11,14,17H,4,6,8-10,12H2,1-2H3/t14-/m0/s1. The van der Waals surface area contributed by atoms with Crippen molar-refractivity contribution in [2.45, 2.75) is 19.8 Å². The molecule has 1 aromatic carbocycles. The van der Waals surface area contributed by atoms with Crippen LogP contribution in [0, 0.1) is 12.8 Å². The molecule has 1 saturated heterocycles. The van der Waals surface area contributed by atoms with E-state index in [0.29, 0.717) is 13.2 Å². The van der Waals surface area contributed by atoms with Crippen LogP contribution in [0.5, 0.6) is 5.75 Å².